The van der Waals surface area contributed by atoms with Crippen molar-refractivity contribution >= 4 is 0 Å². The monoisotopic (exact) mass is 270 g/mol. The van der Waals surface area contributed by atoms with Crippen molar-refractivity contribution in [1.29, 1.82) is 5.26 Å². The molecule has 1 aliphatic carbocycles. The molecule has 0 amide bonds. The van der Waals surface area contributed by atoms with E-state index in [1.165, 1.54) is 38.6 Å². The molecule has 2 unspecified atom stereocenters. The third kappa shape index (κ3) is 2.96. The van der Waals surface area contributed by atoms with Crippen LogP contribution in [-0.4, -0.2) is 30.6 Å². The van der Waals surface area contributed by atoms with Crippen LogP contribution >= 0.6 is 0 Å². The molecule has 0 bridgehead atoms. The van der Waals surface area contributed by atoms with E-state index < -0.39 is 0 Å². The number of nitrogens with zero attached hydrogens (tertiary/aromatic N) is 2. The van der Waals surface area contributed by atoms with Gasteiger partial charge in [-0.3, -0.25) is 4.90 Å². The Kier molecular flexibility index (Phi) is 4.22. The van der Waals surface area contributed by atoms with Crippen molar-refractivity contribution in [2.75, 3.05) is 19.7 Å². The van der Waals surface area contributed by atoms with Gasteiger partial charge in [0.15, 0.2) is 0 Å². The molecule has 3 nitrogen and oxygen atoms in total. The first kappa shape index (κ1) is 13.5. The Morgan fingerprint density at radius 3 is 2.75 bits per heavy atom. The Labute approximate surface area is 121 Å². The van der Waals surface area contributed by atoms with E-state index in [1.807, 2.05) is 24.3 Å². The fraction of sp³-hybridized carbons (Fsp3) is 0.588. The lowest BCUT2D eigenvalue weighted by atomic mass is 9.85. The van der Waals surface area contributed by atoms with Crippen LogP contribution in [0.4, 0.5) is 0 Å². The van der Waals surface area contributed by atoms with Gasteiger partial charge in [0.1, 0.15) is 12.4 Å². The fourth-order valence-corrected chi connectivity index (χ4v) is 3.69. The van der Waals surface area contributed by atoms with Crippen LogP contribution in [-0.2, 0) is 0 Å². The van der Waals surface area contributed by atoms with E-state index in [0.717, 1.165) is 30.9 Å². The fourth-order valence-electron chi connectivity index (χ4n) is 3.69. The summed E-state index contributed by atoms with van der Waals surface area (Å²) in [5.41, 5.74) is 0.682. The van der Waals surface area contributed by atoms with Crippen LogP contribution in [0.25, 0.3) is 0 Å². The maximum absolute atomic E-state index is 8.76. The highest BCUT2D eigenvalue weighted by Crippen LogP contribution is 2.35. The zero-order chi connectivity index (χ0) is 13.8. The number of hydrogen-bond donors (Lipinski definition) is 0. The number of hydrogen-bond acceptors (Lipinski definition) is 3. The van der Waals surface area contributed by atoms with Gasteiger partial charge in [-0.05, 0) is 56.0 Å². The molecule has 2 aliphatic rings. The van der Waals surface area contributed by atoms with Crippen molar-refractivity contribution in [1.82, 2.24) is 4.90 Å². The summed E-state index contributed by atoms with van der Waals surface area (Å²) in [6.45, 7) is 3.02. The van der Waals surface area contributed by atoms with Crippen LogP contribution < -0.4 is 4.74 Å². The first-order valence-corrected chi connectivity index (χ1v) is 7.74. The van der Waals surface area contributed by atoms with Gasteiger partial charge in [0.2, 0.25) is 0 Å². The molecule has 1 aliphatic heterocycles. The van der Waals surface area contributed by atoms with Crippen LogP contribution in [0.1, 0.15) is 37.7 Å². The molecule has 1 saturated heterocycles. The summed E-state index contributed by atoms with van der Waals surface area (Å²) in [4.78, 5) is 2.62. The molecule has 1 aromatic carbocycles. The van der Waals surface area contributed by atoms with E-state index >= 15 is 0 Å². The van der Waals surface area contributed by atoms with Crippen LogP contribution in [0.5, 0.6) is 5.75 Å². The minimum absolute atomic E-state index is 0.682. The van der Waals surface area contributed by atoms with Gasteiger partial charge in [-0.15, -0.1) is 0 Å². The normalized spacial score (nSPS) is 25.9. The molecule has 20 heavy (non-hydrogen) atoms. The van der Waals surface area contributed by atoms with Gasteiger partial charge in [-0.2, -0.15) is 5.26 Å². The van der Waals surface area contributed by atoms with Crippen LogP contribution in [0.2, 0.25) is 0 Å². The zero-order valence-corrected chi connectivity index (χ0v) is 11.9. The summed E-state index contributed by atoms with van der Waals surface area (Å²) in [7, 11) is 0. The summed E-state index contributed by atoms with van der Waals surface area (Å²) in [5.74, 6) is 1.81. The molecular weight excluding hydrogens is 248 g/mol. The molecule has 2 fully saturated rings. The van der Waals surface area contributed by atoms with E-state index in [2.05, 4.69) is 11.0 Å². The number of rotatable bonds is 4. The molecule has 1 saturated carbocycles. The summed E-state index contributed by atoms with van der Waals surface area (Å²) in [5, 5.41) is 8.76. The highest BCUT2D eigenvalue weighted by Gasteiger charge is 2.35. The number of nitriles is 1. The summed E-state index contributed by atoms with van der Waals surface area (Å²) >= 11 is 0. The highest BCUT2D eigenvalue weighted by atomic mass is 16.5. The van der Waals surface area contributed by atoms with Crippen LogP contribution in [0, 0.1) is 17.2 Å². The lowest BCUT2D eigenvalue weighted by molar-refractivity contribution is 0.154. The minimum Gasteiger partial charge on any atom is -0.492 e. The maximum Gasteiger partial charge on any atom is 0.119 e. The largest absolute Gasteiger partial charge is 0.492 e. The first-order chi connectivity index (χ1) is 9.86. The van der Waals surface area contributed by atoms with E-state index in [-0.39, 0.29) is 0 Å². The van der Waals surface area contributed by atoms with E-state index in [9.17, 15) is 0 Å². The van der Waals surface area contributed by atoms with Gasteiger partial charge in [0, 0.05) is 12.6 Å². The lowest BCUT2D eigenvalue weighted by Gasteiger charge is -2.31. The Morgan fingerprint density at radius 1 is 1.15 bits per heavy atom. The predicted molar refractivity (Wildman–Crippen MR) is 78.6 cm³/mol. The van der Waals surface area contributed by atoms with E-state index in [0.29, 0.717) is 5.56 Å². The van der Waals surface area contributed by atoms with Crippen molar-refractivity contribution in [3.8, 4) is 11.8 Å². The van der Waals surface area contributed by atoms with Gasteiger partial charge >= 0.3 is 0 Å². The second-order valence-electron chi connectivity index (χ2n) is 5.92. The first-order valence-electron chi connectivity index (χ1n) is 7.74. The SMILES string of the molecule is N#Cc1ccc(OCCN2CCC3CCCCC32)cc1. The van der Waals surface area contributed by atoms with Gasteiger partial charge in [0.05, 0.1) is 11.6 Å². The molecule has 1 aromatic rings. The topological polar surface area (TPSA) is 36.3 Å². The Hall–Kier alpha value is -1.53. The average Bonchev–Trinajstić information content (AvgIpc) is 2.92. The molecule has 0 N–H and O–H groups in total. The smallest absolute Gasteiger partial charge is 0.119 e. The number of fused-ring (bicyclic) bond motifs is 1. The van der Waals surface area contributed by atoms with E-state index in [4.69, 9.17) is 10.00 Å². The molecular formula is C17H22N2O. The molecule has 0 spiro atoms. The average molecular weight is 270 g/mol. The molecule has 2 atom stereocenters. The van der Waals surface area contributed by atoms with Crippen molar-refractivity contribution in [2.24, 2.45) is 5.92 Å². The van der Waals surface area contributed by atoms with E-state index in [1.54, 1.807) is 0 Å². The Bertz CT molecular complexity index is 477. The Morgan fingerprint density at radius 2 is 1.95 bits per heavy atom. The standard InChI is InChI=1S/C17H22N2O/c18-13-14-5-7-16(8-6-14)20-12-11-19-10-9-15-3-1-2-4-17(15)19/h5-8,15,17H,1-4,9-12H2. The number of likely N-dealkylation sites (tertiary alicyclic amines) is 1. The summed E-state index contributed by atoms with van der Waals surface area (Å²) in [6.07, 6.45) is 7.01. The van der Waals surface area contributed by atoms with Gasteiger partial charge < -0.3 is 4.74 Å². The van der Waals surface area contributed by atoms with Gasteiger partial charge in [-0.1, -0.05) is 12.8 Å². The quantitative estimate of drug-likeness (QED) is 0.843. The second-order valence-corrected chi connectivity index (χ2v) is 5.92. The molecule has 0 radical (unpaired) electrons. The van der Waals surface area contributed by atoms with Crippen LogP contribution in [0.3, 0.4) is 0 Å². The molecule has 3 rings (SSSR count). The minimum atomic E-state index is 0.682. The summed E-state index contributed by atoms with van der Waals surface area (Å²) in [6, 6.07) is 10.3. The Balaban J connectivity index is 1.46. The van der Waals surface area contributed by atoms with Crippen molar-refractivity contribution in [3.05, 3.63) is 29.8 Å². The maximum atomic E-state index is 8.76. The van der Waals surface area contributed by atoms with Crippen molar-refractivity contribution in [2.45, 2.75) is 38.1 Å². The molecule has 0 aromatic heterocycles. The van der Waals surface area contributed by atoms with Crippen LogP contribution in [0.15, 0.2) is 24.3 Å². The molecule has 106 valence electrons. The van der Waals surface area contributed by atoms with Crippen molar-refractivity contribution < 1.29 is 4.74 Å². The van der Waals surface area contributed by atoms with Gasteiger partial charge in [0.25, 0.3) is 0 Å². The number of benzene rings is 1. The third-order valence-electron chi connectivity index (χ3n) is 4.76. The van der Waals surface area contributed by atoms with Crippen molar-refractivity contribution in [3.63, 3.8) is 0 Å². The number of ether oxygens (including phenoxy) is 1. The highest BCUT2D eigenvalue weighted by molar-refractivity contribution is 5.34. The summed E-state index contributed by atoms with van der Waals surface area (Å²) < 4.78 is 5.80. The molecule has 1 heterocycles. The molecule has 3 heteroatoms. The van der Waals surface area contributed by atoms with Gasteiger partial charge in [-0.25, -0.2) is 0 Å². The lowest BCUT2D eigenvalue weighted by Crippen LogP contribution is -2.37. The zero-order valence-electron chi connectivity index (χ0n) is 11.9. The predicted octanol–water partition coefficient (Wildman–Crippen LogP) is 3.20. The third-order valence-corrected chi connectivity index (χ3v) is 4.76. The second kappa shape index (κ2) is 6.28.